The topological polar surface area (TPSA) is 45.7 Å². The lowest BCUT2D eigenvalue weighted by Crippen LogP contribution is -2.44. The lowest BCUT2D eigenvalue weighted by Gasteiger charge is -2.36. The summed E-state index contributed by atoms with van der Waals surface area (Å²) >= 11 is 3.60. The highest BCUT2D eigenvalue weighted by Gasteiger charge is 2.33. The molecular formula is C16H24BrN3O. The summed E-state index contributed by atoms with van der Waals surface area (Å²) in [5.41, 5.74) is 1.42. The van der Waals surface area contributed by atoms with Crippen LogP contribution in [-0.2, 0) is 4.74 Å². The Labute approximate surface area is 135 Å². The first-order valence-electron chi connectivity index (χ1n) is 7.41. The second kappa shape index (κ2) is 7.27. The van der Waals surface area contributed by atoms with Crippen molar-refractivity contribution < 1.29 is 4.74 Å². The molecule has 116 valence electrons. The van der Waals surface area contributed by atoms with Crippen molar-refractivity contribution in [3.8, 4) is 0 Å². The molecule has 1 fully saturated rings. The Bertz CT molecular complexity index is 500. The fourth-order valence-electron chi connectivity index (χ4n) is 2.24. The molecule has 1 aromatic rings. The van der Waals surface area contributed by atoms with E-state index in [1.165, 1.54) is 5.56 Å². The van der Waals surface area contributed by atoms with Crippen molar-refractivity contribution in [1.82, 2.24) is 10.6 Å². The van der Waals surface area contributed by atoms with E-state index in [2.05, 4.69) is 65.5 Å². The van der Waals surface area contributed by atoms with Crippen molar-refractivity contribution >= 4 is 21.9 Å². The van der Waals surface area contributed by atoms with Crippen LogP contribution in [0.4, 0.5) is 0 Å². The summed E-state index contributed by atoms with van der Waals surface area (Å²) in [6.45, 7) is 9.66. The van der Waals surface area contributed by atoms with E-state index in [1.54, 1.807) is 0 Å². The lowest BCUT2D eigenvalue weighted by atomic mass is 9.89. The minimum Gasteiger partial charge on any atom is -0.380 e. The minimum atomic E-state index is 0.184. The van der Waals surface area contributed by atoms with Gasteiger partial charge in [-0.1, -0.05) is 41.1 Å². The van der Waals surface area contributed by atoms with Crippen LogP contribution in [-0.4, -0.2) is 32.3 Å². The number of nitrogens with zero attached hydrogens (tertiary/aromatic N) is 1. The molecule has 1 aliphatic heterocycles. The Morgan fingerprint density at radius 2 is 2.14 bits per heavy atom. The number of benzene rings is 1. The van der Waals surface area contributed by atoms with Gasteiger partial charge in [-0.2, -0.15) is 0 Å². The van der Waals surface area contributed by atoms with Gasteiger partial charge in [-0.15, -0.1) is 0 Å². The van der Waals surface area contributed by atoms with Gasteiger partial charge in [-0.25, -0.2) is 0 Å². The van der Waals surface area contributed by atoms with Crippen LogP contribution in [0.3, 0.4) is 0 Å². The minimum absolute atomic E-state index is 0.184. The van der Waals surface area contributed by atoms with Crippen molar-refractivity contribution in [3.63, 3.8) is 0 Å². The molecule has 5 heteroatoms. The normalized spacial score (nSPS) is 18.8. The predicted octanol–water partition coefficient (Wildman–Crippen LogP) is 3.10. The van der Waals surface area contributed by atoms with E-state index >= 15 is 0 Å². The monoisotopic (exact) mass is 353 g/mol. The fourth-order valence-corrected chi connectivity index (χ4v) is 2.87. The maximum atomic E-state index is 5.28. The van der Waals surface area contributed by atoms with Gasteiger partial charge in [0, 0.05) is 16.4 Å². The second-order valence-electron chi connectivity index (χ2n) is 5.89. The van der Waals surface area contributed by atoms with Crippen LogP contribution in [0, 0.1) is 5.41 Å². The zero-order chi connectivity index (χ0) is 15.3. The summed E-state index contributed by atoms with van der Waals surface area (Å²) in [6.07, 6.45) is 0. The van der Waals surface area contributed by atoms with E-state index < -0.39 is 0 Å². The van der Waals surface area contributed by atoms with Gasteiger partial charge in [-0.05, 0) is 25.5 Å². The van der Waals surface area contributed by atoms with E-state index in [4.69, 9.17) is 9.73 Å². The summed E-state index contributed by atoms with van der Waals surface area (Å²) in [5.74, 6) is 0.855. The van der Waals surface area contributed by atoms with E-state index in [0.717, 1.165) is 36.7 Å². The SMILES string of the molecule is CCNC(=NCC1(C)COC1)NC(C)c1ccccc1Br. The molecule has 21 heavy (non-hydrogen) atoms. The third-order valence-corrected chi connectivity index (χ3v) is 4.31. The smallest absolute Gasteiger partial charge is 0.191 e. The van der Waals surface area contributed by atoms with Crippen LogP contribution in [0.25, 0.3) is 0 Å². The van der Waals surface area contributed by atoms with E-state index in [-0.39, 0.29) is 11.5 Å². The molecule has 0 aliphatic carbocycles. The molecule has 1 unspecified atom stereocenters. The highest BCUT2D eigenvalue weighted by molar-refractivity contribution is 9.10. The number of hydrogen-bond acceptors (Lipinski definition) is 2. The molecule has 1 aliphatic rings. The Balaban J connectivity index is 2.01. The van der Waals surface area contributed by atoms with Crippen molar-refractivity contribution in [2.45, 2.75) is 26.8 Å². The molecule has 2 N–H and O–H groups in total. The Morgan fingerprint density at radius 1 is 1.43 bits per heavy atom. The predicted molar refractivity (Wildman–Crippen MR) is 90.6 cm³/mol. The van der Waals surface area contributed by atoms with E-state index in [9.17, 15) is 0 Å². The molecule has 1 aromatic carbocycles. The van der Waals surface area contributed by atoms with Crippen LogP contribution in [0.5, 0.6) is 0 Å². The molecule has 1 saturated heterocycles. The molecule has 1 atom stereocenters. The molecule has 2 rings (SSSR count). The zero-order valence-electron chi connectivity index (χ0n) is 12.9. The van der Waals surface area contributed by atoms with Crippen LogP contribution in [0.1, 0.15) is 32.4 Å². The molecule has 0 aromatic heterocycles. The van der Waals surface area contributed by atoms with Crippen LogP contribution >= 0.6 is 15.9 Å². The van der Waals surface area contributed by atoms with Gasteiger partial charge in [0.05, 0.1) is 25.8 Å². The molecule has 4 nitrogen and oxygen atoms in total. The number of guanidine groups is 1. The van der Waals surface area contributed by atoms with Gasteiger partial charge in [0.25, 0.3) is 0 Å². The summed E-state index contributed by atoms with van der Waals surface area (Å²) in [5, 5.41) is 6.77. The molecule has 0 bridgehead atoms. The fraction of sp³-hybridized carbons (Fsp3) is 0.562. The van der Waals surface area contributed by atoms with Gasteiger partial charge < -0.3 is 15.4 Å². The third-order valence-electron chi connectivity index (χ3n) is 3.59. The van der Waals surface area contributed by atoms with Crippen LogP contribution in [0.2, 0.25) is 0 Å². The number of nitrogens with one attached hydrogen (secondary N) is 2. The number of halogens is 1. The maximum Gasteiger partial charge on any atom is 0.191 e. The average Bonchev–Trinajstić information content (AvgIpc) is 2.43. The highest BCUT2D eigenvalue weighted by atomic mass is 79.9. The van der Waals surface area contributed by atoms with Crippen molar-refractivity contribution in [3.05, 3.63) is 34.3 Å². The van der Waals surface area contributed by atoms with E-state index in [0.29, 0.717) is 0 Å². The number of hydrogen-bond donors (Lipinski definition) is 2. The van der Waals surface area contributed by atoms with Gasteiger partial charge in [-0.3, -0.25) is 4.99 Å². The van der Waals surface area contributed by atoms with Crippen molar-refractivity contribution in [1.29, 1.82) is 0 Å². The van der Waals surface area contributed by atoms with E-state index in [1.807, 2.05) is 6.07 Å². The van der Waals surface area contributed by atoms with Gasteiger partial charge in [0.1, 0.15) is 0 Å². The van der Waals surface area contributed by atoms with Crippen LogP contribution < -0.4 is 10.6 Å². The summed E-state index contributed by atoms with van der Waals surface area (Å²) in [6, 6.07) is 8.44. The summed E-state index contributed by atoms with van der Waals surface area (Å²) in [4.78, 5) is 4.70. The van der Waals surface area contributed by atoms with Crippen molar-refractivity contribution in [2.75, 3.05) is 26.3 Å². The molecule has 0 amide bonds. The number of aliphatic imine (C=N–C) groups is 1. The van der Waals surface area contributed by atoms with Crippen molar-refractivity contribution in [2.24, 2.45) is 10.4 Å². The Hall–Kier alpha value is -1.07. The van der Waals surface area contributed by atoms with Gasteiger partial charge in [0.15, 0.2) is 5.96 Å². The Kier molecular flexibility index (Phi) is 5.65. The molecule has 0 radical (unpaired) electrons. The standard InChI is InChI=1S/C16H24BrN3O/c1-4-18-15(19-9-16(3)10-21-11-16)20-12(2)13-7-5-6-8-14(13)17/h5-8,12H,4,9-11H2,1-3H3,(H2,18,19,20). The number of ether oxygens (including phenoxy) is 1. The number of rotatable bonds is 5. The second-order valence-corrected chi connectivity index (χ2v) is 6.74. The Morgan fingerprint density at radius 3 is 2.71 bits per heavy atom. The lowest BCUT2D eigenvalue weighted by molar-refractivity contribution is -0.0945. The average molecular weight is 354 g/mol. The molecular weight excluding hydrogens is 330 g/mol. The first-order valence-corrected chi connectivity index (χ1v) is 8.20. The summed E-state index contributed by atoms with van der Waals surface area (Å²) in [7, 11) is 0. The molecule has 1 heterocycles. The maximum absolute atomic E-state index is 5.28. The quantitative estimate of drug-likeness (QED) is 0.631. The van der Waals surface area contributed by atoms with Crippen LogP contribution in [0.15, 0.2) is 33.7 Å². The summed E-state index contributed by atoms with van der Waals surface area (Å²) < 4.78 is 6.39. The highest BCUT2D eigenvalue weighted by Crippen LogP contribution is 2.26. The first kappa shape index (κ1) is 16.3. The zero-order valence-corrected chi connectivity index (χ0v) is 14.5. The van der Waals surface area contributed by atoms with Gasteiger partial charge >= 0.3 is 0 Å². The first-order chi connectivity index (χ1) is 10.0. The third kappa shape index (κ3) is 4.45. The molecule has 0 spiro atoms. The largest absolute Gasteiger partial charge is 0.380 e. The molecule has 0 saturated carbocycles. The van der Waals surface area contributed by atoms with Gasteiger partial charge in [0.2, 0.25) is 0 Å².